The number of thiol groups is 1. The van der Waals surface area contributed by atoms with Gasteiger partial charge in [-0.05, 0) is 61.8 Å². The molecule has 20 heavy (non-hydrogen) atoms. The highest BCUT2D eigenvalue weighted by Gasteiger charge is 2.22. The first kappa shape index (κ1) is 13.6. The zero-order chi connectivity index (χ0) is 14.3. The van der Waals surface area contributed by atoms with Crippen molar-refractivity contribution >= 4 is 12.6 Å². The Balaban J connectivity index is 2.31. The molecule has 106 valence electrons. The van der Waals surface area contributed by atoms with Gasteiger partial charge in [-0.15, -0.1) is 22.8 Å². The fourth-order valence-electron chi connectivity index (χ4n) is 3.25. The Bertz CT molecular complexity index is 664. The van der Waals surface area contributed by atoms with Gasteiger partial charge in [0.1, 0.15) is 6.67 Å². The minimum Gasteiger partial charge on any atom is -0.271 e. The van der Waals surface area contributed by atoms with E-state index in [1.165, 1.54) is 29.5 Å². The van der Waals surface area contributed by atoms with E-state index < -0.39 is 6.67 Å². The van der Waals surface area contributed by atoms with Gasteiger partial charge in [-0.25, -0.2) is 4.39 Å². The maximum atomic E-state index is 13.2. The fraction of sp³-hybridized carbons (Fsp3) is 0.467. The van der Waals surface area contributed by atoms with Crippen LogP contribution in [-0.4, -0.2) is 14.8 Å². The van der Waals surface area contributed by atoms with Crippen molar-refractivity contribution in [1.82, 2.24) is 14.8 Å². The van der Waals surface area contributed by atoms with Crippen LogP contribution in [0.1, 0.15) is 40.9 Å². The van der Waals surface area contributed by atoms with Gasteiger partial charge in [0.15, 0.2) is 11.0 Å². The molecule has 0 spiro atoms. The highest BCUT2D eigenvalue weighted by molar-refractivity contribution is 7.80. The summed E-state index contributed by atoms with van der Waals surface area (Å²) in [5, 5.41) is 8.25. The van der Waals surface area contributed by atoms with E-state index in [0.29, 0.717) is 11.0 Å². The van der Waals surface area contributed by atoms with Crippen LogP contribution in [0.15, 0.2) is 11.2 Å². The van der Waals surface area contributed by atoms with Crippen molar-refractivity contribution in [3.05, 3.63) is 34.1 Å². The van der Waals surface area contributed by atoms with Crippen LogP contribution in [0.4, 0.5) is 4.39 Å². The van der Waals surface area contributed by atoms with Crippen molar-refractivity contribution < 1.29 is 4.39 Å². The van der Waals surface area contributed by atoms with Gasteiger partial charge in [0.05, 0.1) is 5.69 Å². The number of nitrogens with zero attached hydrogens (tertiary/aromatic N) is 3. The lowest BCUT2D eigenvalue weighted by Crippen LogP contribution is -2.13. The topological polar surface area (TPSA) is 30.7 Å². The second-order valence-electron chi connectivity index (χ2n) is 5.41. The summed E-state index contributed by atoms with van der Waals surface area (Å²) in [6, 6.07) is 2.18. The Morgan fingerprint density at radius 1 is 1.15 bits per heavy atom. The first-order valence-corrected chi connectivity index (χ1v) is 7.39. The predicted octanol–water partition coefficient (Wildman–Crippen LogP) is 3.52. The fourth-order valence-corrected chi connectivity index (χ4v) is 3.51. The van der Waals surface area contributed by atoms with Crippen molar-refractivity contribution in [3.63, 3.8) is 0 Å². The van der Waals surface area contributed by atoms with Crippen LogP contribution in [0.2, 0.25) is 0 Å². The van der Waals surface area contributed by atoms with E-state index in [1.54, 1.807) is 4.57 Å². The third kappa shape index (κ3) is 2.04. The first-order valence-electron chi connectivity index (χ1n) is 6.95. The number of halogens is 1. The van der Waals surface area contributed by atoms with E-state index >= 15 is 0 Å². The van der Waals surface area contributed by atoms with Crippen molar-refractivity contribution in [2.45, 2.75) is 51.4 Å². The van der Waals surface area contributed by atoms with Crippen molar-refractivity contribution in [2.75, 3.05) is 0 Å². The number of alkyl halides is 1. The Morgan fingerprint density at radius 2 is 1.85 bits per heavy atom. The van der Waals surface area contributed by atoms with Crippen LogP contribution >= 0.6 is 12.6 Å². The van der Waals surface area contributed by atoms with E-state index in [2.05, 4.69) is 42.7 Å². The molecule has 3 nitrogen and oxygen atoms in total. The summed E-state index contributed by atoms with van der Waals surface area (Å²) in [7, 11) is 0. The van der Waals surface area contributed by atoms with Gasteiger partial charge in [0, 0.05) is 0 Å². The lowest BCUT2D eigenvalue weighted by atomic mass is 9.85. The average Bonchev–Trinajstić information content (AvgIpc) is 2.80. The largest absolute Gasteiger partial charge is 0.271 e. The van der Waals surface area contributed by atoms with E-state index in [4.69, 9.17) is 0 Å². The average molecular weight is 291 g/mol. The Morgan fingerprint density at radius 3 is 2.55 bits per heavy atom. The van der Waals surface area contributed by atoms with E-state index in [1.807, 2.05) is 0 Å². The van der Waals surface area contributed by atoms with Crippen LogP contribution in [0, 0.1) is 13.8 Å². The molecule has 1 aliphatic carbocycles. The molecule has 0 saturated carbocycles. The first-order chi connectivity index (χ1) is 9.63. The molecule has 1 aliphatic rings. The van der Waals surface area contributed by atoms with Crippen LogP contribution < -0.4 is 0 Å². The number of benzene rings is 1. The highest BCUT2D eigenvalue weighted by atomic mass is 32.1. The number of hydrogen-bond acceptors (Lipinski definition) is 3. The molecule has 1 aromatic heterocycles. The molecule has 0 aliphatic heterocycles. The summed E-state index contributed by atoms with van der Waals surface area (Å²) < 4.78 is 14.9. The number of rotatable bonds is 2. The number of aromatic nitrogens is 3. The quantitative estimate of drug-likeness (QED) is 0.858. The third-order valence-corrected chi connectivity index (χ3v) is 4.38. The number of fused-ring (bicyclic) bond motifs is 1. The summed E-state index contributed by atoms with van der Waals surface area (Å²) in [4.78, 5) is 0. The summed E-state index contributed by atoms with van der Waals surface area (Å²) in [6.07, 6.45) is 4.54. The normalized spacial score (nSPS) is 14.4. The Hall–Kier alpha value is -1.36. The molecule has 0 N–H and O–H groups in total. The zero-order valence-electron chi connectivity index (χ0n) is 11.8. The smallest absolute Gasteiger partial charge is 0.192 e. The molecule has 3 rings (SSSR count). The zero-order valence-corrected chi connectivity index (χ0v) is 12.7. The van der Waals surface area contributed by atoms with Crippen LogP contribution in [0.25, 0.3) is 5.69 Å². The lowest BCUT2D eigenvalue weighted by molar-refractivity contribution is 0.458. The van der Waals surface area contributed by atoms with Gasteiger partial charge in [-0.1, -0.05) is 6.07 Å². The van der Waals surface area contributed by atoms with Gasteiger partial charge in [0.2, 0.25) is 0 Å². The molecule has 5 heteroatoms. The lowest BCUT2D eigenvalue weighted by Gasteiger charge is -2.24. The molecule has 0 radical (unpaired) electrons. The monoisotopic (exact) mass is 291 g/mol. The summed E-state index contributed by atoms with van der Waals surface area (Å²) in [6.45, 7) is 3.59. The van der Waals surface area contributed by atoms with E-state index in [9.17, 15) is 4.39 Å². The number of hydrogen-bond donors (Lipinski definition) is 1. The van der Waals surface area contributed by atoms with Crippen LogP contribution in [-0.2, 0) is 19.5 Å². The molecule has 2 aromatic rings. The Labute approximate surface area is 123 Å². The maximum absolute atomic E-state index is 13.2. The van der Waals surface area contributed by atoms with Crippen molar-refractivity contribution in [2.24, 2.45) is 0 Å². The summed E-state index contributed by atoms with van der Waals surface area (Å²) in [5.74, 6) is 0.328. The molecule has 1 heterocycles. The molecule has 1 aromatic carbocycles. The minimum atomic E-state index is -0.629. The molecule has 0 fully saturated rings. The number of aryl methyl sites for hydroxylation is 2. The summed E-state index contributed by atoms with van der Waals surface area (Å²) >= 11 is 4.35. The molecular formula is C15H18FN3S. The SMILES string of the molecule is Cc1cc(C)c(-n2c(S)nnc2CF)c2c1CCCC2. The molecule has 0 atom stereocenters. The van der Waals surface area contributed by atoms with Gasteiger partial charge in [-0.3, -0.25) is 4.57 Å². The predicted molar refractivity (Wildman–Crippen MR) is 79.5 cm³/mol. The molecule has 0 saturated heterocycles. The van der Waals surface area contributed by atoms with Gasteiger partial charge >= 0.3 is 0 Å². The minimum absolute atomic E-state index is 0.328. The van der Waals surface area contributed by atoms with Gasteiger partial charge in [0.25, 0.3) is 0 Å². The molecular weight excluding hydrogens is 273 g/mol. The summed E-state index contributed by atoms with van der Waals surface area (Å²) in [5.41, 5.74) is 6.22. The third-order valence-electron chi connectivity index (χ3n) is 4.09. The van der Waals surface area contributed by atoms with E-state index in [-0.39, 0.29) is 0 Å². The van der Waals surface area contributed by atoms with Crippen LogP contribution in [0.5, 0.6) is 0 Å². The molecule has 0 bridgehead atoms. The standard InChI is InChI=1S/C15H18FN3S/c1-9-7-10(2)14(12-6-4-3-5-11(9)12)19-13(8-16)17-18-15(19)20/h7H,3-6,8H2,1-2H3,(H,18,20). The highest BCUT2D eigenvalue weighted by Crippen LogP contribution is 2.33. The second-order valence-corrected chi connectivity index (χ2v) is 5.81. The second kappa shape index (κ2) is 5.20. The van der Waals surface area contributed by atoms with Crippen molar-refractivity contribution in [1.29, 1.82) is 0 Å². The molecule has 0 amide bonds. The maximum Gasteiger partial charge on any atom is 0.192 e. The van der Waals surface area contributed by atoms with E-state index in [0.717, 1.165) is 24.1 Å². The van der Waals surface area contributed by atoms with Crippen molar-refractivity contribution in [3.8, 4) is 5.69 Å². The Kier molecular flexibility index (Phi) is 3.54. The van der Waals surface area contributed by atoms with Crippen LogP contribution in [0.3, 0.4) is 0 Å². The van der Waals surface area contributed by atoms with Gasteiger partial charge < -0.3 is 0 Å². The van der Waals surface area contributed by atoms with Gasteiger partial charge in [-0.2, -0.15) is 0 Å². The molecule has 0 unspecified atom stereocenters.